The third kappa shape index (κ3) is 4.77. The largest absolute Gasteiger partial charge is 0.408 e. The van der Waals surface area contributed by atoms with Crippen molar-refractivity contribution < 1.29 is 31.9 Å². The van der Waals surface area contributed by atoms with E-state index in [4.69, 9.17) is 0 Å². The van der Waals surface area contributed by atoms with Crippen LogP contribution in [0, 0.1) is 17.6 Å². The molecule has 1 aliphatic carbocycles. The van der Waals surface area contributed by atoms with E-state index in [0.717, 1.165) is 29.0 Å². The van der Waals surface area contributed by atoms with Gasteiger partial charge in [-0.3, -0.25) is 14.2 Å². The maximum atomic E-state index is 14.8. The fourth-order valence-electron chi connectivity index (χ4n) is 4.68. The van der Waals surface area contributed by atoms with E-state index in [2.05, 4.69) is 4.98 Å². The SMILES string of the molecule is CC1(O)CCN(c2ccc3c(=O)c(C(=O)NC(C4CC4)C(F)(F)F)cn(-c4c(F)cccc4F)c3n2)C1. The van der Waals surface area contributed by atoms with Gasteiger partial charge in [0.15, 0.2) is 5.65 Å². The van der Waals surface area contributed by atoms with Crippen LogP contribution >= 0.6 is 0 Å². The van der Waals surface area contributed by atoms with E-state index in [1.807, 2.05) is 5.32 Å². The van der Waals surface area contributed by atoms with Crippen molar-refractivity contribution >= 4 is 22.8 Å². The number of alkyl halides is 3. The van der Waals surface area contributed by atoms with Crippen molar-refractivity contribution in [1.82, 2.24) is 14.9 Å². The van der Waals surface area contributed by atoms with E-state index in [1.54, 1.807) is 11.8 Å². The van der Waals surface area contributed by atoms with Crippen LogP contribution in [0.1, 0.15) is 36.5 Å². The van der Waals surface area contributed by atoms with Gasteiger partial charge in [0, 0.05) is 19.3 Å². The Kier molecular flexibility index (Phi) is 5.97. The minimum absolute atomic E-state index is 0.191. The van der Waals surface area contributed by atoms with Crippen molar-refractivity contribution in [3.8, 4) is 5.69 Å². The van der Waals surface area contributed by atoms with Gasteiger partial charge in [0.25, 0.3) is 5.91 Å². The zero-order valence-corrected chi connectivity index (χ0v) is 19.6. The smallest absolute Gasteiger partial charge is 0.388 e. The highest BCUT2D eigenvalue weighted by Crippen LogP contribution is 2.40. The number of carbonyl (C=O) groups excluding carboxylic acids is 1. The molecule has 7 nitrogen and oxygen atoms in total. The predicted octanol–water partition coefficient (Wildman–Crippen LogP) is 3.70. The number of pyridine rings is 2. The molecule has 2 N–H and O–H groups in total. The number of para-hydroxylation sites is 1. The summed E-state index contributed by atoms with van der Waals surface area (Å²) in [5, 5.41) is 12.0. The molecule has 2 aromatic heterocycles. The Hall–Kier alpha value is -3.54. The highest BCUT2D eigenvalue weighted by Gasteiger charge is 2.50. The molecule has 1 amide bonds. The van der Waals surface area contributed by atoms with E-state index >= 15 is 0 Å². The van der Waals surface area contributed by atoms with Gasteiger partial charge in [-0.15, -0.1) is 0 Å². The minimum Gasteiger partial charge on any atom is -0.388 e. The summed E-state index contributed by atoms with van der Waals surface area (Å²) in [6, 6.07) is 3.68. The molecular formula is C25H23F5N4O3. The average Bonchev–Trinajstić information content (AvgIpc) is 3.59. The number of nitrogens with one attached hydrogen (secondary N) is 1. The molecule has 1 aliphatic heterocycles. The zero-order chi connectivity index (χ0) is 26.7. The topological polar surface area (TPSA) is 87.5 Å². The summed E-state index contributed by atoms with van der Waals surface area (Å²) in [4.78, 5) is 32.3. The molecule has 196 valence electrons. The Bertz CT molecular complexity index is 1430. The van der Waals surface area contributed by atoms with E-state index in [0.29, 0.717) is 18.8 Å². The lowest BCUT2D eigenvalue weighted by atomic mass is 10.1. The van der Waals surface area contributed by atoms with Gasteiger partial charge >= 0.3 is 6.18 Å². The Labute approximate surface area is 207 Å². The number of β-amino-alcohol motifs (C(OH)–C–C–N with tert-alkyl or cyclic N) is 1. The van der Waals surface area contributed by atoms with Crippen LogP contribution in [-0.4, -0.2) is 51.5 Å². The third-order valence-electron chi connectivity index (χ3n) is 6.77. The normalized spacial score (nSPS) is 20.9. The molecule has 0 bridgehead atoms. The number of carbonyl (C=O) groups is 1. The zero-order valence-electron chi connectivity index (χ0n) is 19.6. The third-order valence-corrected chi connectivity index (χ3v) is 6.77. The lowest BCUT2D eigenvalue weighted by Crippen LogP contribution is -2.48. The second-order valence-electron chi connectivity index (χ2n) is 9.85. The lowest BCUT2D eigenvalue weighted by molar-refractivity contribution is -0.158. The standard InChI is InChI=1S/C25H23F5N4O3/c1-24(37)9-10-33(12-24)18-8-7-14-20(35)15(23(36)32-21(13-5-6-13)25(28,29)30)11-34(22(14)31-18)19-16(26)3-2-4-17(19)27/h2-4,7-8,11,13,21,37H,5-6,9-10,12H2,1H3,(H,32,36). The number of aromatic nitrogens is 2. The number of hydrogen-bond acceptors (Lipinski definition) is 5. The molecule has 3 aromatic rings. The van der Waals surface area contributed by atoms with Crippen molar-refractivity contribution in [2.75, 3.05) is 18.0 Å². The molecule has 5 rings (SSSR count). The van der Waals surface area contributed by atoms with E-state index in [1.165, 1.54) is 12.1 Å². The van der Waals surface area contributed by atoms with Crippen molar-refractivity contribution in [3.63, 3.8) is 0 Å². The molecule has 1 saturated heterocycles. The number of aliphatic hydroxyl groups is 1. The van der Waals surface area contributed by atoms with Crippen LogP contribution in [0.4, 0.5) is 27.8 Å². The Morgan fingerprint density at radius 2 is 1.86 bits per heavy atom. The molecule has 37 heavy (non-hydrogen) atoms. The van der Waals surface area contributed by atoms with Crippen molar-refractivity contribution in [1.29, 1.82) is 0 Å². The van der Waals surface area contributed by atoms with E-state index in [-0.39, 0.29) is 30.4 Å². The Balaban J connectivity index is 1.67. The molecule has 2 unspecified atom stereocenters. The molecule has 1 saturated carbocycles. The number of benzene rings is 1. The van der Waals surface area contributed by atoms with Crippen LogP contribution in [0.3, 0.4) is 0 Å². The fraction of sp³-hybridized carbons (Fsp3) is 0.400. The number of halogens is 5. The Morgan fingerprint density at radius 3 is 2.43 bits per heavy atom. The predicted molar refractivity (Wildman–Crippen MR) is 125 cm³/mol. The van der Waals surface area contributed by atoms with Gasteiger partial charge in [0.05, 0.1) is 11.0 Å². The number of nitrogens with zero attached hydrogens (tertiary/aromatic N) is 3. The van der Waals surface area contributed by atoms with Crippen LogP contribution in [0.15, 0.2) is 41.3 Å². The summed E-state index contributed by atoms with van der Waals surface area (Å²) in [6.45, 7) is 2.31. The number of rotatable bonds is 5. The van der Waals surface area contributed by atoms with Gasteiger partial charge in [-0.1, -0.05) is 6.07 Å². The van der Waals surface area contributed by atoms with Crippen molar-refractivity contribution in [2.24, 2.45) is 5.92 Å². The van der Waals surface area contributed by atoms with Crippen LogP contribution in [0.25, 0.3) is 16.7 Å². The summed E-state index contributed by atoms with van der Waals surface area (Å²) in [5.74, 6) is -3.83. The van der Waals surface area contributed by atoms with Crippen molar-refractivity contribution in [2.45, 2.75) is 44.0 Å². The molecule has 1 aromatic carbocycles. The molecule has 0 spiro atoms. The van der Waals surface area contributed by atoms with Crippen molar-refractivity contribution in [3.05, 3.63) is 63.9 Å². The first-order chi connectivity index (χ1) is 17.4. The first kappa shape index (κ1) is 25.1. The number of fused-ring (bicyclic) bond motifs is 1. The molecular weight excluding hydrogens is 499 g/mol. The second-order valence-corrected chi connectivity index (χ2v) is 9.85. The maximum absolute atomic E-state index is 14.8. The monoisotopic (exact) mass is 522 g/mol. The molecule has 0 radical (unpaired) electrons. The highest BCUT2D eigenvalue weighted by molar-refractivity contribution is 5.97. The van der Waals surface area contributed by atoms with Gasteiger partial charge in [-0.05, 0) is 56.4 Å². The molecule has 3 heterocycles. The van der Waals surface area contributed by atoms with Gasteiger partial charge in [-0.2, -0.15) is 13.2 Å². The van der Waals surface area contributed by atoms with E-state index in [9.17, 15) is 36.6 Å². The van der Waals surface area contributed by atoms with Crippen LogP contribution in [0.2, 0.25) is 0 Å². The molecule has 12 heteroatoms. The number of hydrogen-bond donors (Lipinski definition) is 2. The lowest BCUT2D eigenvalue weighted by Gasteiger charge is -2.22. The summed E-state index contributed by atoms with van der Waals surface area (Å²) >= 11 is 0. The summed E-state index contributed by atoms with van der Waals surface area (Å²) < 4.78 is 71.0. The first-order valence-corrected chi connectivity index (χ1v) is 11.7. The highest BCUT2D eigenvalue weighted by atomic mass is 19.4. The van der Waals surface area contributed by atoms with Gasteiger partial charge < -0.3 is 15.3 Å². The summed E-state index contributed by atoms with van der Waals surface area (Å²) in [6.07, 6.45) is -2.90. The Morgan fingerprint density at radius 1 is 1.19 bits per heavy atom. The minimum atomic E-state index is -4.72. The first-order valence-electron chi connectivity index (χ1n) is 11.7. The summed E-state index contributed by atoms with van der Waals surface area (Å²) in [7, 11) is 0. The van der Waals surface area contributed by atoms with Gasteiger partial charge in [-0.25, -0.2) is 13.8 Å². The average molecular weight is 522 g/mol. The maximum Gasteiger partial charge on any atom is 0.408 e. The van der Waals surface area contributed by atoms with E-state index < -0.39 is 58.0 Å². The number of amides is 1. The quantitative estimate of drug-likeness (QED) is 0.500. The fourth-order valence-corrected chi connectivity index (χ4v) is 4.68. The van der Waals surface area contributed by atoms with Crippen LogP contribution in [-0.2, 0) is 0 Å². The molecule has 2 fully saturated rings. The molecule has 2 atom stereocenters. The van der Waals surface area contributed by atoms with Crippen LogP contribution < -0.4 is 15.6 Å². The van der Waals surface area contributed by atoms with Gasteiger partial charge in [0.1, 0.15) is 34.7 Å². The number of anilines is 1. The second kappa shape index (κ2) is 8.79. The summed E-state index contributed by atoms with van der Waals surface area (Å²) in [5.41, 5.74) is -3.45. The van der Waals surface area contributed by atoms with Gasteiger partial charge in [0.2, 0.25) is 5.43 Å². The molecule has 2 aliphatic rings. The van der Waals surface area contributed by atoms with Crippen LogP contribution in [0.5, 0.6) is 0 Å².